The third kappa shape index (κ3) is 6.26. The van der Waals surface area contributed by atoms with E-state index in [1.807, 2.05) is 48.5 Å². The first-order chi connectivity index (χ1) is 27.2. The van der Waals surface area contributed by atoms with Gasteiger partial charge in [-0.2, -0.15) is 0 Å². The lowest BCUT2D eigenvalue weighted by Gasteiger charge is -2.09. The second-order valence-corrected chi connectivity index (χ2v) is 13.6. The van der Waals surface area contributed by atoms with Gasteiger partial charge in [0.2, 0.25) is 0 Å². The minimum Gasteiger partial charge on any atom is -0.455 e. The van der Waals surface area contributed by atoms with Crippen LogP contribution in [0.15, 0.2) is 205 Å². The predicted molar refractivity (Wildman–Crippen MR) is 225 cm³/mol. The van der Waals surface area contributed by atoms with Crippen LogP contribution in [0.1, 0.15) is 0 Å². The van der Waals surface area contributed by atoms with Crippen molar-refractivity contribution >= 4 is 21.9 Å². The molecule has 10 rings (SSSR count). The molecule has 0 saturated heterocycles. The van der Waals surface area contributed by atoms with Gasteiger partial charge >= 0.3 is 0 Å². The molecule has 2 aromatic heterocycles. The van der Waals surface area contributed by atoms with Crippen molar-refractivity contribution in [2.75, 3.05) is 0 Å². The summed E-state index contributed by atoms with van der Waals surface area (Å²) in [5.74, 6) is 1.82. The molecule has 0 amide bonds. The second-order valence-electron chi connectivity index (χ2n) is 13.6. The summed E-state index contributed by atoms with van der Waals surface area (Å²) in [6, 6.07) is 69.3. The van der Waals surface area contributed by atoms with Crippen molar-refractivity contribution in [2.24, 2.45) is 0 Å². The van der Waals surface area contributed by atoms with Crippen LogP contribution in [0, 0.1) is 0 Å². The third-order valence-corrected chi connectivity index (χ3v) is 10.2. The molecule has 0 fully saturated rings. The molecule has 0 aliphatic heterocycles. The van der Waals surface area contributed by atoms with Crippen molar-refractivity contribution in [1.82, 2.24) is 15.0 Å². The number of nitrogens with zero attached hydrogens (tertiary/aromatic N) is 3. The van der Waals surface area contributed by atoms with Crippen LogP contribution in [0.3, 0.4) is 0 Å². The average molecular weight is 704 g/mol. The molecule has 258 valence electrons. The van der Waals surface area contributed by atoms with Crippen LogP contribution in [0.2, 0.25) is 0 Å². The number of fused-ring (bicyclic) bond motifs is 3. The van der Waals surface area contributed by atoms with Crippen LogP contribution in [0.25, 0.3) is 101 Å². The minimum absolute atomic E-state index is 0.587. The molecule has 2 heterocycles. The summed E-state index contributed by atoms with van der Waals surface area (Å²) in [5.41, 5.74) is 13.6. The molecule has 8 aromatic carbocycles. The zero-order valence-electron chi connectivity index (χ0n) is 29.8. The monoisotopic (exact) mass is 703 g/mol. The van der Waals surface area contributed by atoms with Gasteiger partial charge in [0, 0.05) is 33.0 Å². The fourth-order valence-electron chi connectivity index (χ4n) is 7.29. The van der Waals surface area contributed by atoms with Gasteiger partial charge < -0.3 is 4.42 Å². The van der Waals surface area contributed by atoms with Crippen LogP contribution < -0.4 is 0 Å². The van der Waals surface area contributed by atoms with E-state index in [-0.39, 0.29) is 0 Å². The van der Waals surface area contributed by atoms with Gasteiger partial charge in [-0.3, -0.25) is 0 Å². The smallest absolute Gasteiger partial charge is 0.164 e. The Morgan fingerprint density at radius 2 is 0.655 bits per heavy atom. The van der Waals surface area contributed by atoms with Gasteiger partial charge in [-0.15, -0.1) is 0 Å². The first-order valence-corrected chi connectivity index (χ1v) is 18.4. The Balaban J connectivity index is 1.01. The summed E-state index contributed by atoms with van der Waals surface area (Å²) in [6.45, 7) is 0. The van der Waals surface area contributed by atoms with Gasteiger partial charge in [0.15, 0.2) is 17.5 Å². The topological polar surface area (TPSA) is 51.8 Å². The summed E-state index contributed by atoms with van der Waals surface area (Å²) >= 11 is 0. The molecule has 0 N–H and O–H groups in total. The van der Waals surface area contributed by atoms with Crippen LogP contribution >= 0.6 is 0 Å². The van der Waals surface area contributed by atoms with Crippen LogP contribution in [0.4, 0.5) is 0 Å². The lowest BCUT2D eigenvalue weighted by molar-refractivity contribution is 0.670. The number of hydrogen-bond acceptors (Lipinski definition) is 4. The third-order valence-electron chi connectivity index (χ3n) is 10.2. The Morgan fingerprint density at radius 1 is 0.273 bits per heavy atom. The van der Waals surface area contributed by atoms with Crippen molar-refractivity contribution < 1.29 is 4.42 Å². The molecule has 4 nitrogen and oxygen atoms in total. The molecule has 0 spiro atoms. The molecule has 0 saturated carbocycles. The molecule has 10 aromatic rings. The molecule has 55 heavy (non-hydrogen) atoms. The molecule has 0 unspecified atom stereocenters. The summed E-state index contributed by atoms with van der Waals surface area (Å²) < 4.78 is 6.66. The Labute approximate surface area is 319 Å². The van der Waals surface area contributed by atoms with E-state index in [0.29, 0.717) is 17.5 Å². The van der Waals surface area contributed by atoms with E-state index in [1.165, 1.54) is 22.3 Å². The largest absolute Gasteiger partial charge is 0.455 e. The van der Waals surface area contributed by atoms with E-state index in [1.54, 1.807) is 0 Å². The van der Waals surface area contributed by atoms with E-state index < -0.39 is 0 Å². The van der Waals surface area contributed by atoms with Gasteiger partial charge in [-0.05, 0) is 51.1 Å². The average Bonchev–Trinajstić information content (AvgIpc) is 3.66. The number of benzene rings is 8. The highest BCUT2D eigenvalue weighted by Crippen LogP contribution is 2.38. The van der Waals surface area contributed by atoms with Crippen molar-refractivity contribution in [1.29, 1.82) is 0 Å². The Morgan fingerprint density at radius 3 is 1.16 bits per heavy atom. The van der Waals surface area contributed by atoms with Gasteiger partial charge in [0.05, 0.1) is 0 Å². The van der Waals surface area contributed by atoms with Gasteiger partial charge in [-0.25, -0.2) is 15.0 Å². The van der Waals surface area contributed by atoms with E-state index in [2.05, 4.69) is 152 Å². The maximum atomic E-state index is 6.66. The molecule has 0 radical (unpaired) electrons. The highest BCUT2D eigenvalue weighted by molar-refractivity contribution is 6.10. The number of aromatic nitrogens is 3. The van der Waals surface area contributed by atoms with Gasteiger partial charge in [0.25, 0.3) is 0 Å². The summed E-state index contributed by atoms with van der Waals surface area (Å²) in [7, 11) is 0. The maximum absolute atomic E-state index is 6.66. The minimum atomic E-state index is 0.587. The van der Waals surface area contributed by atoms with E-state index in [9.17, 15) is 0 Å². The first kappa shape index (κ1) is 32.2. The summed E-state index contributed by atoms with van der Waals surface area (Å²) in [6.07, 6.45) is 0. The zero-order chi connectivity index (χ0) is 36.6. The lowest BCUT2D eigenvalue weighted by Crippen LogP contribution is -2.00. The molecular formula is C51H33N3O. The summed E-state index contributed by atoms with van der Waals surface area (Å²) in [4.78, 5) is 15.0. The predicted octanol–water partition coefficient (Wildman–Crippen LogP) is 13.4. The quantitative estimate of drug-likeness (QED) is 0.166. The number of hydrogen-bond donors (Lipinski definition) is 0. The van der Waals surface area contributed by atoms with Gasteiger partial charge in [0.1, 0.15) is 11.2 Å². The fourth-order valence-corrected chi connectivity index (χ4v) is 7.29. The molecule has 0 atom stereocenters. The maximum Gasteiger partial charge on any atom is 0.164 e. The summed E-state index contributed by atoms with van der Waals surface area (Å²) in [5, 5.41) is 2.12. The highest BCUT2D eigenvalue weighted by Gasteiger charge is 2.17. The second kappa shape index (κ2) is 13.8. The SMILES string of the molecule is c1ccc(-c2ccc(-c3ccc(-c4nc(-c5ccccc5)nc(-c5ccc6c(c5)oc5c(-c7ccc(-c8ccccc8)cc7)cccc56)n4)cc3)cc2)cc1. The number of rotatable bonds is 7. The van der Waals surface area contributed by atoms with Gasteiger partial charge in [-0.1, -0.05) is 188 Å². The Kier molecular flexibility index (Phi) is 8.12. The van der Waals surface area contributed by atoms with Crippen LogP contribution in [-0.2, 0) is 0 Å². The molecule has 0 bridgehead atoms. The van der Waals surface area contributed by atoms with Crippen molar-refractivity contribution in [3.05, 3.63) is 200 Å². The fraction of sp³-hybridized carbons (Fsp3) is 0. The standard InChI is InChI=1S/C51H33N3O/c1-4-11-34(12-5-1)36-19-21-38(22-20-36)39-25-29-42(30-26-39)50-52-49(41-15-8-3-9-16-41)53-51(54-50)43-31-32-45-46-18-10-17-44(48(46)55-47(45)33-43)40-27-23-37(24-28-40)35-13-6-2-7-14-35/h1-33H. The van der Waals surface area contributed by atoms with Crippen LogP contribution in [-0.4, -0.2) is 15.0 Å². The van der Waals surface area contributed by atoms with Crippen LogP contribution in [0.5, 0.6) is 0 Å². The van der Waals surface area contributed by atoms with E-state index in [0.717, 1.165) is 60.9 Å². The van der Waals surface area contributed by atoms with Crippen molar-refractivity contribution in [3.8, 4) is 78.7 Å². The number of furan rings is 1. The van der Waals surface area contributed by atoms with E-state index in [4.69, 9.17) is 19.4 Å². The first-order valence-electron chi connectivity index (χ1n) is 18.4. The molecule has 4 heteroatoms. The Bertz CT molecular complexity index is 2920. The highest BCUT2D eigenvalue weighted by atomic mass is 16.3. The lowest BCUT2D eigenvalue weighted by atomic mass is 9.99. The normalized spacial score (nSPS) is 11.3. The van der Waals surface area contributed by atoms with Crippen molar-refractivity contribution in [3.63, 3.8) is 0 Å². The Hall–Kier alpha value is -7.43. The van der Waals surface area contributed by atoms with Crippen molar-refractivity contribution in [2.45, 2.75) is 0 Å². The van der Waals surface area contributed by atoms with E-state index >= 15 is 0 Å². The zero-order valence-corrected chi connectivity index (χ0v) is 29.8. The molecule has 0 aliphatic carbocycles. The molecular weight excluding hydrogens is 671 g/mol. The number of para-hydroxylation sites is 1. The molecule has 0 aliphatic rings.